The predicted molar refractivity (Wildman–Crippen MR) is 244 cm³/mol. The van der Waals surface area contributed by atoms with Gasteiger partial charge in [0.15, 0.2) is 5.75 Å². The van der Waals surface area contributed by atoms with Gasteiger partial charge in [0, 0.05) is 27.6 Å². The van der Waals surface area contributed by atoms with E-state index in [4.69, 9.17) is 4.74 Å². The maximum Gasteiger partial charge on any atom is 0.155 e. The van der Waals surface area contributed by atoms with Crippen molar-refractivity contribution in [1.82, 2.24) is 0 Å². The second-order valence-electron chi connectivity index (χ2n) is 21.2. The molecule has 7 aliphatic rings. The molecule has 4 saturated carbocycles. The van der Waals surface area contributed by atoms with Gasteiger partial charge in [-0.2, -0.15) is 0 Å². The summed E-state index contributed by atoms with van der Waals surface area (Å²) in [5.74, 6) is 5.05. The van der Waals surface area contributed by atoms with Gasteiger partial charge in [-0.1, -0.05) is 133 Å². The fraction of sp³-hybridized carbons (Fsp3) is 0.368. The van der Waals surface area contributed by atoms with Crippen LogP contribution in [0.2, 0.25) is 0 Å². The maximum atomic E-state index is 7.53. The first kappa shape index (κ1) is 35.8. The lowest BCUT2D eigenvalue weighted by atomic mass is 9.41. The highest BCUT2D eigenvalue weighted by Crippen LogP contribution is 2.70. The van der Waals surface area contributed by atoms with Gasteiger partial charge in [-0.05, 0) is 160 Å². The van der Waals surface area contributed by atoms with E-state index in [1.165, 1.54) is 106 Å². The minimum atomic E-state index is -0.129. The number of benzene rings is 6. The number of hydrogen-bond acceptors (Lipinski definition) is 2. The first-order chi connectivity index (χ1) is 28.4. The number of fused-ring (bicyclic) bond motifs is 6. The van der Waals surface area contributed by atoms with Crippen molar-refractivity contribution < 1.29 is 4.74 Å². The summed E-state index contributed by atoms with van der Waals surface area (Å²) in [5.41, 5.74) is 17.3. The van der Waals surface area contributed by atoms with Crippen LogP contribution in [0.15, 0.2) is 127 Å². The molecule has 0 N–H and O–H groups in total. The number of anilines is 3. The van der Waals surface area contributed by atoms with Gasteiger partial charge in [0.25, 0.3) is 0 Å². The molecule has 2 nitrogen and oxygen atoms in total. The lowest BCUT2D eigenvalue weighted by molar-refractivity contribution is -0.0451. The molecular formula is C57H57NO. The fourth-order valence-corrected chi connectivity index (χ4v) is 14.1. The van der Waals surface area contributed by atoms with E-state index in [2.05, 4.69) is 174 Å². The van der Waals surface area contributed by atoms with Gasteiger partial charge in [0.2, 0.25) is 0 Å². The molecule has 4 fully saturated rings. The van der Waals surface area contributed by atoms with Crippen LogP contribution in [-0.4, -0.2) is 0 Å². The number of hydrogen-bond donors (Lipinski definition) is 0. The van der Waals surface area contributed by atoms with E-state index in [1.807, 2.05) is 0 Å². The molecule has 0 unspecified atom stereocenters. The summed E-state index contributed by atoms with van der Waals surface area (Å²) in [5, 5.41) is 0. The first-order valence-corrected chi connectivity index (χ1v) is 22.6. The summed E-state index contributed by atoms with van der Waals surface area (Å²) in [6.45, 7) is 14.7. The average Bonchev–Trinajstić information content (AvgIpc) is 3.46. The lowest BCUT2D eigenvalue weighted by Crippen LogP contribution is -2.57. The Balaban J connectivity index is 1.19. The van der Waals surface area contributed by atoms with Crippen molar-refractivity contribution in [3.63, 3.8) is 0 Å². The van der Waals surface area contributed by atoms with E-state index in [0.29, 0.717) is 11.8 Å². The predicted octanol–water partition coefficient (Wildman–Crippen LogP) is 15.3. The molecular weight excluding hydrogens is 715 g/mol. The molecule has 1 aliphatic heterocycles. The third kappa shape index (κ3) is 4.92. The zero-order chi connectivity index (χ0) is 40.1. The quantitative estimate of drug-likeness (QED) is 0.177. The smallest absolute Gasteiger partial charge is 0.155 e. The molecule has 2 heteroatoms. The summed E-state index contributed by atoms with van der Waals surface area (Å²) in [7, 11) is 0. The molecule has 1 heterocycles. The van der Waals surface area contributed by atoms with Crippen molar-refractivity contribution in [1.29, 1.82) is 0 Å². The van der Waals surface area contributed by atoms with E-state index in [-0.39, 0.29) is 21.7 Å². The molecule has 0 aromatic heterocycles. The maximum absolute atomic E-state index is 7.53. The Morgan fingerprint density at radius 3 is 1.90 bits per heavy atom. The molecule has 13 rings (SSSR count). The van der Waals surface area contributed by atoms with Crippen LogP contribution in [0.5, 0.6) is 11.5 Å². The summed E-state index contributed by atoms with van der Waals surface area (Å²) in [4.78, 5) is 2.66. The van der Waals surface area contributed by atoms with Gasteiger partial charge in [-0.3, -0.25) is 0 Å². The van der Waals surface area contributed by atoms with E-state index in [1.54, 1.807) is 0 Å². The summed E-state index contributed by atoms with van der Waals surface area (Å²) in [6, 6.07) is 49.0. The van der Waals surface area contributed by atoms with Crippen molar-refractivity contribution in [2.45, 2.75) is 108 Å². The highest BCUT2D eigenvalue weighted by Gasteiger charge is 2.62. The number of rotatable bonds is 4. The SMILES string of the molecule is CC1(C)CCC(C)(C)c2c(N(c3ccc4c(c3)C(C)(C)c3ccccc3-4)c3cc(-c4ccccc4)cc4c3Oc3ccccc3C43C4CC5CC(C4)CC3C5)cccc21. The van der Waals surface area contributed by atoms with Gasteiger partial charge >= 0.3 is 0 Å². The Labute approximate surface area is 351 Å². The van der Waals surface area contributed by atoms with Crippen molar-refractivity contribution in [2.75, 3.05) is 4.90 Å². The van der Waals surface area contributed by atoms with Crippen LogP contribution in [-0.2, 0) is 21.7 Å². The molecule has 0 radical (unpaired) electrons. The monoisotopic (exact) mass is 771 g/mol. The molecule has 0 amide bonds. The summed E-state index contributed by atoms with van der Waals surface area (Å²) in [6.07, 6.45) is 9.05. The molecule has 6 aliphatic carbocycles. The molecule has 0 saturated heterocycles. The largest absolute Gasteiger partial charge is 0.455 e. The van der Waals surface area contributed by atoms with Crippen molar-refractivity contribution in [3.8, 4) is 33.8 Å². The van der Waals surface area contributed by atoms with Crippen molar-refractivity contribution in [2.24, 2.45) is 23.7 Å². The number of ether oxygens (including phenoxy) is 1. The fourth-order valence-electron chi connectivity index (χ4n) is 14.1. The Kier molecular flexibility index (Phi) is 7.44. The second kappa shape index (κ2) is 12.2. The van der Waals surface area contributed by atoms with Gasteiger partial charge in [0.1, 0.15) is 5.75 Å². The first-order valence-electron chi connectivity index (χ1n) is 22.6. The van der Waals surface area contributed by atoms with E-state index >= 15 is 0 Å². The Hall–Kier alpha value is -5.08. The third-order valence-corrected chi connectivity index (χ3v) is 16.7. The lowest BCUT2D eigenvalue weighted by Gasteiger charge is -2.63. The topological polar surface area (TPSA) is 12.5 Å². The summed E-state index contributed by atoms with van der Waals surface area (Å²) >= 11 is 0. The van der Waals surface area contributed by atoms with Crippen LogP contribution < -0.4 is 9.64 Å². The zero-order valence-electron chi connectivity index (χ0n) is 35.7. The number of nitrogens with zero attached hydrogens (tertiary/aromatic N) is 1. The van der Waals surface area contributed by atoms with Gasteiger partial charge in [-0.25, -0.2) is 0 Å². The Morgan fingerprint density at radius 1 is 0.492 bits per heavy atom. The second-order valence-corrected chi connectivity index (χ2v) is 21.2. The van der Waals surface area contributed by atoms with Gasteiger partial charge in [-0.15, -0.1) is 0 Å². The highest BCUT2D eigenvalue weighted by atomic mass is 16.5. The van der Waals surface area contributed by atoms with E-state index < -0.39 is 0 Å². The van der Waals surface area contributed by atoms with Crippen LogP contribution >= 0.6 is 0 Å². The average molecular weight is 772 g/mol. The minimum absolute atomic E-state index is 0.0147. The van der Waals surface area contributed by atoms with E-state index in [0.717, 1.165) is 35.4 Å². The molecule has 59 heavy (non-hydrogen) atoms. The van der Waals surface area contributed by atoms with Gasteiger partial charge < -0.3 is 9.64 Å². The molecule has 6 aromatic rings. The van der Waals surface area contributed by atoms with Crippen LogP contribution in [0.25, 0.3) is 22.3 Å². The van der Waals surface area contributed by atoms with Crippen LogP contribution in [0.1, 0.15) is 120 Å². The summed E-state index contributed by atoms with van der Waals surface area (Å²) < 4.78 is 7.53. The standard InChI is InChI=1S/C57H57NO/c1-54(2)25-26-55(3,4)52-46(54)20-14-21-49(52)58(41-23-24-43-42-17-10-11-18-44(42)56(5,6)47(43)34-41)50-33-38(37-15-8-7-9-16-37)32-48-53(50)59-51-22-13-12-19-45(51)57(48)39-28-35-27-36(30-39)31-40(57)29-35/h7-24,32-36,39-40H,25-31H2,1-6H3. The van der Waals surface area contributed by atoms with Crippen molar-refractivity contribution >= 4 is 17.1 Å². The molecule has 0 atom stereocenters. The zero-order valence-corrected chi connectivity index (χ0v) is 35.7. The molecule has 1 spiro atoms. The van der Waals surface area contributed by atoms with Crippen LogP contribution in [0.4, 0.5) is 17.1 Å². The van der Waals surface area contributed by atoms with Crippen LogP contribution in [0, 0.1) is 23.7 Å². The molecule has 296 valence electrons. The van der Waals surface area contributed by atoms with Gasteiger partial charge in [0.05, 0.1) is 11.4 Å². The van der Waals surface area contributed by atoms with Crippen LogP contribution in [0.3, 0.4) is 0 Å². The third-order valence-electron chi connectivity index (χ3n) is 16.7. The Morgan fingerprint density at radius 2 is 1.14 bits per heavy atom. The minimum Gasteiger partial charge on any atom is -0.455 e. The number of para-hydroxylation sites is 1. The highest BCUT2D eigenvalue weighted by molar-refractivity contribution is 5.91. The van der Waals surface area contributed by atoms with E-state index in [9.17, 15) is 0 Å². The van der Waals surface area contributed by atoms with Crippen molar-refractivity contribution in [3.05, 3.63) is 161 Å². The molecule has 6 aromatic carbocycles. The normalized spacial score (nSPS) is 26.6. The molecule has 4 bridgehead atoms. The Bertz CT molecular complexity index is 2670.